The number of esters is 1. The molecule has 1 rings (SSSR count). The molecule has 10 heteroatoms. The van der Waals surface area contributed by atoms with Crippen molar-refractivity contribution >= 4 is 19.7 Å². The molecule has 0 aliphatic carbocycles. The normalized spacial score (nSPS) is 12.3. The minimum absolute atomic E-state index is 0.0663. The second-order valence-electron chi connectivity index (χ2n) is 6.82. The van der Waals surface area contributed by atoms with E-state index in [0.29, 0.717) is 25.8 Å². The largest absolute Gasteiger partial charge is 0.468 e. The molecular weight excluding hydrogens is 423 g/mol. The molecule has 0 aromatic heterocycles. The van der Waals surface area contributed by atoms with Crippen LogP contribution in [0.25, 0.3) is 0 Å². The molecule has 0 aliphatic rings. The molecule has 9 nitrogen and oxygen atoms in total. The number of carbonyl (C=O) groups excluding carboxylic acids is 2. The number of benzene rings is 1. The monoisotopic (exact) mass is 458 g/mol. The molecule has 1 amide bonds. The summed E-state index contributed by atoms with van der Waals surface area (Å²) >= 11 is 0. The number of hydrogen-bond acceptors (Lipinski definition) is 8. The van der Waals surface area contributed by atoms with E-state index in [0.717, 1.165) is 5.56 Å². The molecule has 2 N–H and O–H groups in total. The molecule has 31 heavy (non-hydrogen) atoms. The van der Waals surface area contributed by atoms with E-state index in [1.807, 2.05) is 30.3 Å². The molecule has 0 radical (unpaired) electrons. The van der Waals surface area contributed by atoms with Gasteiger partial charge in [0.1, 0.15) is 12.6 Å². The lowest BCUT2D eigenvalue weighted by Gasteiger charge is -2.25. The van der Waals surface area contributed by atoms with Gasteiger partial charge in [-0.25, -0.2) is 4.79 Å². The molecule has 1 atom stereocenters. The van der Waals surface area contributed by atoms with Gasteiger partial charge in [0.2, 0.25) is 0 Å². The van der Waals surface area contributed by atoms with Crippen LogP contribution < -0.4 is 5.73 Å². The topological polar surface area (TPSA) is 117 Å². The first-order chi connectivity index (χ1) is 14.8. The molecule has 1 aromatic carbocycles. The zero-order chi connectivity index (χ0) is 23.1. The van der Waals surface area contributed by atoms with Crippen LogP contribution in [0.4, 0.5) is 4.79 Å². The van der Waals surface area contributed by atoms with Gasteiger partial charge < -0.3 is 29.2 Å². The van der Waals surface area contributed by atoms with Crippen LogP contribution >= 0.6 is 7.60 Å². The van der Waals surface area contributed by atoms with E-state index < -0.39 is 25.7 Å². The third-order valence-corrected chi connectivity index (χ3v) is 6.51. The first-order valence-corrected chi connectivity index (χ1v) is 12.2. The van der Waals surface area contributed by atoms with Crippen LogP contribution in [0, 0.1) is 0 Å². The van der Waals surface area contributed by atoms with Crippen molar-refractivity contribution in [2.24, 2.45) is 5.73 Å². The lowest BCUT2D eigenvalue weighted by Crippen LogP contribution is -2.35. The molecule has 1 aromatic rings. The second-order valence-corrected chi connectivity index (χ2v) is 9.01. The maximum absolute atomic E-state index is 12.8. The van der Waals surface area contributed by atoms with Crippen molar-refractivity contribution in [3.8, 4) is 0 Å². The van der Waals surface area contributed by atoms with E-state index in [4.69, 9.17) is 19.5 Å². The molecule has 176 valence electrons. The Kier molecular flexibility index (Phi) is 13.1. The number of nitrogens with two attached hydrogens (primary N) is 1. The number of carbonyl (C=O) groups is 2. The van der Waals surface area contributed by atoms with Gasteiger partial charge in [-0.05, 0) is 38.7 Å². The maximum atomic E-state index is 12.8. The second kappa shape index (κ2) is 15.0. The maximum Gasteiger partial charge on any atom is 0.410 e. The number of unbranched alkanes of at least 4 members (excludes halogenated alkanes) is 1. The van der Waals surface area contributed by atoms with Gasteiger partial charge >= 0.3 is 19.7 Å². The van der Waals surface area contributed by atoms with Crippen molar-refractivity contribution in [1.29, 1.82) is 0 Å². The Hall–Kier alpha value is -1.93. The van der Waals surface area contributed by atoms with E-state index in [1.54, 1.807) is 13.8 Å². The molecule has 0 fully saturated rings. The van der Waals surface area contributed by atoms with Gasteiger partial charge in [-0.3, -0.25) is 9.36 Å². The highest BCUT2D eigenvalue weighted by atomic mass is 31.2. The number of ether oxygens (including phenoxy) is 2. The zero-order valence-electron chi connectivity index (χ0n) is 18.7. The standard InChI is InChI=1S/C21H35N2O7P/c1-4-29-31(26,30-5-2)16-15-23(14-10-9-13-19(22)20(24)27-3)21(25)28-17-18-11-7-6-8-12-18/h6-8,11-12,19H,4-5,9-10,13-17,22H2,1-3H3. The highest BCUT2D eigenvalue weighted by Gasteiger charge is 2.26. The Balaban J connectivity index is 2.67. The van der Waals surface area contributed by atoms with Crippen molar-refractivity contribution in [2.45, 2.75) is 45.8 Å². The smallest absolute Gasteiger partial charge is 0.410 e. The molecule has 0 heterocycles. The fourth-order valence-electron chi connectivity index (χ4n) is 2.84. The zero-order valence-corrected chi connectivity index (χ0v) is 19.6. The molecule has 0 bridgehead atoms. The number of amides is 1. The van der Waals surface area contributed by atoms with Gasteiger partial charge in [0, 0.05) is 13.1 Å². The average molecular weight is 458 g/mol. The quantitative estimate of drug-likeness (QED) is 0.241. The summed E-state index contributed by atoms with van der Waals surface area (Å²) in [6, 6.07) is 8.65. The first kappa shape index (κ1) is 27.1. The summed E-state index contributed by atoms with van der Waals surface area (Å²) in [6.07, 6.45) is 1.21. The Bertz CT molecular complexity index is 692. The molecule has 0 saturated heterocycles. The van der Waals surface area contributed by atoms with Crippen LogP contribution in [0.5, 0.6) is 0 Å². The fraction of sp³-hybridized carbons (Fsp3) is 0.619. The van der Waals surface area contributed by atoms with Crippen LogP contribution in [-0.4, -0.2) is 62.6 Å². The van der Waals surface area contributed by atoms with Crippen LogP contribution in [0.2, 0.25) is 0 Å². The van der Waals surface area contributed by atoms with Gasteiger partial charge in [0.05, 0.1) is 26.5 Å². The summed E-state index contributed by atoms with van der Waals surface area (Å²) in [5.74, 6) is -0.464. The Morgan fingerprint density at radius 1 is 1.06 bits per heavy atom. The van der Waals surface area contributed by atoms with E-state index in [2.05, 4.69) is 4.74 Å². The Labute approximate surface area is 184 Å². The molecule has 0 saturated carbocycles. The third kappa shape index (κ3) is 10.8. The summed E-state index contributed by atoms with van der Waals surface area (Å²) in [6.45, 7) is 4.64. The number of hydrogen-bond donors (Lipinski definition) is 1. The van der Waals surface area contributed by atoms with E-state index in [9.17, 15) is 14.2 Å². The molecular formula is C21H35N2O7P. The van der Waals surface area contributed by atoms with Gasteiger partial charge in [-0.15, -0.1) is 0 Å². The highest BCUT2D eigenvalue weighted by Crippen LogP contribution is 2.47. The van der Waals surface area contributed by atoms with E-state index in [1.165, 1.54) is 12.0 Å². The predicted octanol–water partition coefficient (Wildman–Crippen LogP) is 3.56. The molecule has 1 unspecified atom stereocenters. The van der Waals surface area contributed by atoms with Crippen LogP contribution in [0.3, 0.4) is 0 Å². The van der Waals surface area contributed by atoms with Gasteiger partial charge in [0.25, 0.3) is 0 Å². The van der Waals surface area contributed by atoms with Crippen LogP contribution in [0.15, 0.2) is 30.3 Å². The van der Waals surface area contributed by atoms with Gasteiger partial charge in [-0.1, -0.05) is 30.3 Å². The summed E-state index contributed by atoms with van der Waals surface area (Å²) in [5.41, 5.74) is 6.62. The molecule has 0 spiro atoms. The average Bonchev–Trinajstić information content (AvgIpc) is 2.77. The summed E-state index contributed by atoms with van der Waals surface area (Å²) < 4.78 is 33.4. The first-order valence-electron chi connectivity index (χ1n) is 10.5. The number of nitrogens with zero attached hydrogens (tertiary/aromatic N) is 1. The lowest BCUT2D eigenvalue weighted by molar-refractivity contribution is -0.142. The van der Waals surface area contributed by atoms with Crippen molar-refractivity contribution in [1.82, 2.24) is 4.90 Å². The van der Waals surface area contributed by atoms with Crippen molar-refractivity contribution in [3.63, 3.8) is 0 Å². The number of rotatable bonds is 15. The Morgan fingerprint density at radius 2 is 1.71 bits per heavy atom. The van der Waals surface area contributed by atoms with E-state index >= 15 is 0 Å². The van der Waals surface area contributed by atoms with Crippen molar-refractivity contribution in [3.05, 3.63) is 35.9 Å². The third-order valence-electron chi connectivity index (χ3n) is 4.46. The Morgan fingerprint density at radius 3 is 2.29 bits per heavy atom. The minimum Gasteiger partial charge on any atom is -0.468 e. The minimum atomic E-state index is -3.29. The highest BCUT2D eigenvalue weighted by molar-refractivity contribution is 7.53. The van der Waals surface area contributed by atoms with Gasteiger partial charge in [0.15, 0.2) is 0 Å². The van der Waals surface area contributed by atoms with E-state index in [-0.39, 0.29) is 32.5 Å². The van der Waals surface area contributed by atoms with Crippen LogP contribution in [-0.2, 0) is 34.5 Å². The summed E-state index contributed by atoms with van der Waals surface area (Å²) in [5, 5.41) is 0. The summed E-state index contributed by atoms with van der Waals surface area (Å²) in [4.78, 5) is 25.6. The van der Waals surface area contributed by atoms with Crippen molar-refractivity contribution in [2.75, 3.05) is 39.6 Å². The predicted molar refractivity (Wildman–Crippen MR) is 118 cm³/mol. The lowest BCUT2D eigenvalue weighted by atomic mass is 10.1. The fourth-order valence-corrected chi connectivity index (χ4v) is 4.45. The SMILES string of the molecule is CCOP(=O)(CCN(CCCCC(N)C(=O)OC)C(=O)OCc1ccccc1)OCC. The summed E-state index contributed by atoms with van der Waals surface area (Å²) in [7, 11) is -2.00. The van der Waals surface area contributed by atoms with Crippen molar-refractivity contribution < 1.29 is 32.7 Å². The molecule has 0 aliphatic heterocycles. The van der Waals surface area contributed by atoms with Crippen LogP contribution in [0.1, 0.15) is 38.7 Å². The number of methoxy groups -OCH3 is 1. The van der Waals surface area contributed by atoms with Gasteiger partial charge in [-0.2, -0.15) is 0 Å².